The fourth-order valence-corrected chi connectivity index (χ4v) is 2.93. The van der Waals surface area contributed by atoms with Crippen LogP contribution in [0.15, 0.2) is 5.38 Å². The molecule has 1 heterocycles. The van der Waals surface area contributed by atoms with Crippen LogP contribution in [0.5, 0.6) is 0 Å². The van der Waals surface area contributed by atoms with Crippen LogP contribution in [0.2, 0.25) is 0 Å². The minimum absolute atomic E-state index is 0.137. The fraction of sp³-hybridized carbons (Fsp3) is 0.600. The maximum atomic E-state index is 11.8. The molecule has 0 saturated heterocycles. The van der Waals surface area contributed by atoms with Crippen molar-refractivity contribution in [2.75, 3.05) is 30.8 Å². The van der Waals surface area contributed by atoms with Crippen molar-refractivity contribution in [3.05, 3.63) is 11.1 Å². The molecular weight excluding hydrogens is 322 g/mol. The van der Waals surface area contributed by atoms with Crippen molar-refractivity contribution in [1.29, 1.82) is 0 Å². The largest absolute Gasteiger partial charge is 0.394 e. The van der Waals surface area contributed by atoms with E-state index in [-0.39, 0.29) is 11.6 Å². The van der Waals surface area contributed by atoms with E-state index in [0.717, 1.165) is 17.6 Å². The first-order valence-corrected chi connectivity index (χ1v) is 8.56. The highest BCUT2D eigenvalue weighted by Gasteiger charge is 2.30. The summed E-state index contributed by atoms with van der Waals surface area (Å²) >= 11 is 1.02. The van der Waals surface area contributed by atoms with Gasteiger partial charge in [-0.1, -0.05) is 0 Å². The molecule has 0 aromatic carbocycles. The second-order valence-electron chi connectivity index (χ2n) is 4.50. The number of hydrogen-bond acceptors (Lipinski definition) is 8. The molecule has 0 atom stereocenters. The standard InChI is InChI=1S/C10H17N3O6S2/c1-21(18,19)13-9-11-7(3-20-9)2-8(17)12-10(4-14,5-15)6-16/h3,14-16H,2,4-6H2,1H3,(H,11,13)(H,12,17). The second kappa shape index (κ2) is 7.13. The molecule has 21 heavy (non-hydrogen) atoms. The molecule has 0 aliphatic heterocycles. The lowest BCUT2D eigenvalue weighted by atomic mass is 10.0. The zero-order chi connectivity index (χ0) is 16.1. The van der Waals surface area contributed by atoms with Gasteiger partial charge in [0.05, 0.1) is 38.2 Å². The van der Waals surface area contributed by atoms with Gasteiger partial charge in [0.2, 0.25) is 15.9 Å². The van der Waals surface area contributed by atoms with Crippen LogP contribution in [0.3, 0.4) is 0 Å². The molecule has 1 aromatic rings. The number of hydrogen-bond donors (Lipinski definition) is 5. The molecule has 0 unspecified atom stereocenters. The lowest BCUT2D eigenvalue weighted by molar-refractivity contribution is -0.124. The SMILES string of the molecule is CS(=O)(=O)Nc1nc(CC(=O)NC(CO)(CO)CO)cs1. The van der Waals surface area contributed by atoms with E-state index in [1.807, 2.05) is 0 Å². The molecule has 5 N–H and O–H groups in total. The van der Waals surface area contributed by atoms with Gasteiger partial charge in [0, 0.05) is 5.38 Å². The molecule has 0 fully saturated rings. The van der Waals surface area contributed by atoms with Gasteiger partial charge in [-0.2, -0.15) is 0 Å². The van der Waals surface area contributed by atoms with Crippen molar-refractivity contribution < 1.29 is 28.5 Å². The highest BCUT2D eigenvalue weighted by molar-refractivity contribution is 7.92. The summed E-state index contributed by atoms with van der Waals surface area (Å²) in [5, 5.41) is 31.3. The van der Waals surface area contributed by atoms with Gasteiger partial charge in [-0.05, 0) is 0 Å². The average Bonchev–Trinajstić information content (AvgIpc) is 2.81. The summed E-state index contributed by atoms with van der Waals surface area (Å²) in [6, 6.07) is 0. The highest BCUT2D eigenvalue weighted by Crippen LogP contribution is 2.17. The molecular formula is C10H17N3O6S2. The molecule has 0 radical (unpaired) electrons. The number of aliphatic hydroxyl groups excluding tert-OH is 3. The quantitative estimate of drug-likeness (QED) is 0.364. The first-order valence-electron chi connectivity index (χ1n) is 5.79. The number of nitrogens with zero attached hydrogens (tertiary/aromatic N) is 1. The number of amides is 1. The first-order chi connectivity index (χ1) is 9.73. The highest BCUT2D eigenvalue weighted by atomic mass is 32.2. The number of rotatable bonds is 8. The van der Waals surface area contributed by atoms with Gasteiger partial charge >= 0.3 is 0 Å². The van der Waals surface area contributed by atoms with Crippen LogP contribution in [-0.2, 0) is 21.2 Å². The molecule has 1 rings (SSSR count). The second-order valence-corrected chi connectivity index (χ2v) is 7.10. The maximum Gasteiger partial charge on any atom is 0.231 e. The smallest absolute Gasteiger partial charge is 0.231 e. The van der Waals surface area contributed by atoms with Crippen molar-refractivity contribution in [2.24, 2.45) is 0 Å². The minimum Gasteiger partial charge on any atom is -0.394 e. The monoisotopic (exact) mass is 339 g/mol. The Morgan fingerprint density at radius 2 is 1.90 bits per heavy atom. The van der Waals surface area contributed by atoms with E-state index < -0.39 is 41.3 Å². The Bertz CT molecular complexity index is 573. The zero-order valence-electron chi connectivity index (χ0n) is 11.2. The average molecular weight is 339 g/mol. The number of nitrogens with one attached hydrogen (secondary N) is 2. The number of aromatic nitrogens is 1. The van der Waals surface area contributed by atoms with E-state index in [1.54, 1.807) is 0 Å². The summed E-state index contributed by atoms with van der Waals surface area (Å²) in [5.74, 6) is -0.566. The molecule has 11 heteroatoms. The Labute approximate surface area is 125 Å². The van der Waals surface area contributed by atoms with Gasteiger partial charge in [-0.25, -0.2) is 13.4 Å². The summed E-state index contributed by atoms with van der Waals surface area (Å²) in [6.45, 7) is -1.86. The molecule has 120 valence electrons. The van der Waals surface area contributed by atoms with Crippen LogP contribution in [0.25, 0.3) is 0 Å². The Kier molecular flexibility index (Phi) is 6.04. The van der Waals surface area contributed by atoms with Gasteiger partial charge in [0.25, 0.3) is 0 Å². The van der Waals surface area contributed by atoms with Gasteiger partial charge in [0.1, 0.15) is 5.54 Å². The van der Waals surface area contributed by atoms with E-state index >= 15 is 0 Å². The molecule has 0 aliphatic carbocycles. The van der Waals surface area contributed by atoms with Crippen LogP contribution in [0.1, 0.15) is 5.69 Å². The van der Waals surface area contributed by atoms with Crippen molar-refractivity contribution in [1.82, 2.24) is 10.3 Å². The molecule has 1 aromatic heterocycles. The van der Waals surface area contributed by atoms with E-state index in [1.165, 1.54) is 5.38 Å². The third-order valence-electron chi connectivity index (χ3n) is 2.48. The van der Waals surface area contributed by atoms with E-state index in [9.17, 15) is 13.2 Å². The van der Waals surface area contributed by atoms with Gasteiger partial charge in [-0.15, -0.1) is 11.3 Å². The van der Waals surface area contributed by atoms with Crippen molar-refractivity contribution in [2.45, 2.75) is 12.0 Å². The van der Waals surface area contributed by atoms with Crippen molar-refractivity contribution in [3.63, 3.8) is 0 Å². The molecule has 0 spiro atoms. The third kappa shape index (κ3) is 5.55. The molecule has 0 saturated carbocycles. The summed E-state index contributed by atoms with van der Waals surface area (Å²) in [7, 11) is -3.43. The number of anilines is 1. The van der Waals surface area contributed by atoms with Gasteiger partial charge in [0.15, 0.2) is 5.13 Å². The number of sulfonamides is 1. The summed E-state index contributed by atoms with van der Waals surface area (Å²) in [4.78, 5) is 15.7. The summed E-state index contributed by atoms with van der Waals surface area (Å²) in [6.07, 6.45) is 0.808. The van der Waals surface area contributed by atoms with Crippen molar-refractivity contribution >= 4 is 32.4 Å². The van der Waals surface area contributed by atoms with Gasteiger partial charge < -0.3 is 20.6 Å². The third-order valence-corrected chi connectivity index (χ3v) is 3.98. The lowest BCUT2D eigenvalue weighted by Gasteiger charge is -2.28. The normalized spacial score (nSPS) is 12.2. The predicted molar refractivity (Wildman–Crippen MR) is 76.4 cm³/mol. The van der Waals surface area contributed by atoms with Crippen LogP contribution < -0.4 is 10.0 Å². The van der Waals surface area contributed by atoms with E-state index in [2.05, 4.69) is 15.0 Å². The Morgan fingerprint density at radius 1 is 1.33 bits per heavy atom. The fourth-order valence-electron chi connectivity index (χ4n) is 1.37. The van der Waals surface area contributed by atoms with Crippen molar-refractivity contribution in [3.8, 4) is 0 Å². The molecule has 0 aliphatic rings. The van der Waals surface area contributed by atoms with Gasteiger partial charge in [-0.3, -0.25) is 9.52 Å². The van der Waals surface area contributed by atoms with Crippen LogP contribution >= 0.6 is 11.3 Å². The summed E-state index contributed by atoms with van der Waals surface area (Å²) in [5.41, 5.74) is -1.17. The first kappa shape index (κ1) is 17.8. The Morgan fingerprint density at radius 3 is 2.38 bits per heavy atom. The Balaban J connectivity index is 2.67. The maximum absolute atomic E-state index is 11.8. The number of aliphatic hydroxyl groups is 3. The molecule has 1 amide bonds. The Hall–Kier alpha value is -1.27. The number of carbonyl (C=O) groups is 1. The zero-order valence-corrected chi connectivity index (χ0v) is 12.9. The topological polar surface area (TPSA) is 149 Å². The lowest BCUT2D eigenvalue weighted by Crippen LogP contribution is -2.57. The minimum atomic E-state index is -3.43. The van der Waals surface area contributed by atoms with Crippen LogP contribution in [0.4, 0.5) is 5.13 Å². The molecule has 9 nitrogen and oxygen atoms in total. The van der Waals surface area contributed by atoms with Crippen LogP contribution in [0, 0.1) is 0 Å². The van der Waals surface area contributed by atoms with Crippen LogP contribution in [-0.4, -0.2) is 66.2 Å². The predicted octanol–water partition coefficient (Wildman–Crippen LogP) is -2.11. The number of carbonyl (C=O) groups excluding carboxylic acids is 1. The number of thiazole rings is 1. The summed E-state index contributed by atoms with van der Waals surface area (Å²) < 4.78 is 24.2. The van der Waals surface area contributed by atoms with E-state index in [0.29, 0.717) is 5.69 Å². The molecule has 0 bridgehead atoms. The van der Waals surface area contributed by atoms with E-state index in [4.69, 9.17) is 15.3 Å².